The molecular weight excluding hydrogens is 532 g/mol. The van der Waals surface area contributed by atoms with Crippen molar-refractivity contribution in [2.45, 2.75) is 69.0 Å². The average molecular weight is 573 g/mol. The average Bonchev–Trinajstić information content (AvgIpc) is 2.95. The molecule has 1 aliphatic heterocycles. The number of rotatable bonds is 8. The number of hydrogen-bond donors (Lipinski definition) is 3. The van der Waals surface area contributed by atoms with Gasteiger partial charge in [-0.2, -0.15) is 4.31 Å². The number of likely N-dealkylation sites (N-methyl/N-ethyl adjacent to an activating group) is 1. The van der Waals surface area contributed by atoms with Crippen molar-refractivity contribution < 1.29 is 27.9 Å². The summed E-state index contributed by atoms with van der Waals surface area (Å²) in [5.74, 6) is -0.449. The zero-order valence-electron chi connectivity index (χ0n) is 23.4. The first-order chi connectivity index (χ1) is 19.1. The van der Waals surface area contributed by atoms with Crippen molar-refractivity contribution in [2.75, 3.05) is 32.1 Å². The van der Waals surface area contributed by atoms with Gasteiger partial charge in [0.15, 0.2) is 5.75 Å². The zero-order chi connectivity index (χ0) is 28.9. The molecule has 0 saturated heterocycles. The lowest BCUT2D eigenvalue weighted by Gasteiger charge is -2.38. The highest BCUT2D eigenvalue weighted by Crippen LogP contribution is 2.35. The minimum absolute atomic E-state index is 0.00990. The molecular formula is C29H40N4O6S. The maximum atomic E-state index is 13.7. The topological polar surface area (TPSA) is 128 Å². The van der Waals surface area contributed by atoms with E-state index in [0.717, 1.165) is 25.7 Å². The molecule has 1 heterocycles. The Labute approximate surface area is 236 Å². The molecule has 2 aromatic carbocycles. The highest BCUT2D eigenvalue weighted by molar-refractivity contribution is 7.89. The van der Waals surface area contributed by atoms with Gasteiger partial charge in [-0.25, -0.2) is 13.2 Å². The number of amides is 3. The Kier molecular flexibility index (Phi) is 9.70. The zero-order valence-corrected chi connectivity index (χ0v) is 24.2. The molecule has 0 bridgehead atoms. The van der Waals surface area contributed by atoms with Crippen molar-refractivity contribution in [3.63, 3.8) is 0 Å². The van der Waals surface area contributed by atoms with E-state index in [1.807, 2.05) is 6.92 Å². The second-order valence-electron chi connectivity index (χ2n) is 10.8. The standard InChI is InChI=1S/C29H40N4O6S/c1-20-17-33(21(2)19-34)28(35)24-15-10-16-25(31-29(36)30-22-11-6-4-7-12-22)27(24)39-26(20)18-32(3)40(37,38)23-13-8-5-9-14-23/h5,8-10,13-16,20-22,26,34H,4,6-7,11-12,17-19H2,1-3H3,(H2,30,31,36)/t20-,21-,26-/m1/s1. The first-order valence-electron chi connectivity index (χ1n) is 13.9. The maximum absolute atomic E-state index is 13.7. The van der Waals surface area contributed by atoms with E-state index in [4.69, 9.17) is 4.74 Å². The molecule has 0 spiro atoms. The predicted molar refractivity (Wildman–Crippen MR) is 153 cm³/mol. The summed E-state index contributed by atoms with van der Waals surface area (Å²) >= 11 is 0. The predicted octanol–water partition coefficient (Wildman–Crippen LogP) is 3.68. The molecule has 10 nitrogen and oxygen atoms in total. The molecule has 1 aliphatic carbocycles. The van der Waals surface area contributed by atoms with E-state index in [1.165, 1.54) is 17.8 Å². The molecule has 1 fully saturated rings. The first kappa shape index (κ1) is 29.8. The molecule has 3 N–H and O–H groups in total. The van der Waals surface area contributed by atoms with Gasteiger partial charge in [0, 0.05) is 25.6 Å². The van der Waals surface area contributed by atoms with Crippen molar-refractivity contribution in [3.8, 4) is 5.75 Å². The lowest BCUT2D eigenvalue weighted by molar-refractivity contribution is 0.0389. The Balaban J connectivity index is 1.66. The minimum atomic E-state index is -3.80. The van der Waals surface area contributed by atoms with Crippen LogP contribution in [0, 0.1) is 5.92 Å². The van der Waals surface area contributed by atoms with Crippen LogP contribution in [0.4, 0.5) is 10.5 Å². The van der Waals surface area contributed by atoms with Crippen LogP contribution in [0.5, 0.6) is 5.75 Å². The second kappa shape index (κ2) is 13.0. The van der Waals surface area contributed by atoms with Gasteiger partial charge in [-0.1, -0.05) is 50.5 Å². The molecule has 1 saturated carbocycles. The van der Waals surface area contributed by atoms with Gasteiger partial charge < -0.3 is 25.4 Å². The molecule has 4 rings (SSSR count). The van der Waals surface area contributed by atoms with Crippen molar-refractivity contribution in [2.24, 2.45) is 5.92 Å². The summed E-state index contributed by atoms with van der Waals surface area (Å²) in [6.07, 6.45) is 4.49. The minimum Gasteiger partial charge on any atom is -0.486 e. The Bertz CT molecular complexity index is 1280. The number of fused-ring (bicyclic) bond motifs is 1. The van der Waals surface area contributed by atoms with Crippen LogP contribution in [0.3, 0.4) is 0 Å². The Morgan fingerprint density at radius 3 is 2.50 bits per heavy atom. The van der Waals surface area contributed by atoms with E-state index in [0.29, 0.717) is 5.69 Å². The number of ether oxygens (including phenoxy) is 1. The summed E-state index contributed by atoms with van der Waals surface area (Å²) in [5.41, 5.74) is 0.560. The summed E-state index contributed by atoms with van der Waals surface area (Å²) in [7, 11) is -2.30. The summed E-state index contributed by atoms with van der Waals surface area (Å²) in [6.45, 7) is 3.67. The number of aliphatic hydroxyl groups excluding tert-OH is 1. The number of nitrogens with zero attached hydrogens (tertiary/aromatic N) is 2. The van der Waals surface area contributed by atoms with E-state index in [1.54, 1.807) is 60.4 Å². The summed E-state index contributed by atoms with van der Waals surface area (Å²) < 4.78 is 34.3. The number of para-hydroxylation sites is 1. The van der Waals surface area contributed by atoms with E-state index in [9.17, 15) is 23.1 Å². The molecule has 3 atom stereocenters. The van der Waals surface area contributed by atoms with Crippen molar-refractivity contribution in [3.05, 3.63) is 54.1 Å². The van der Waals surface area contributed by atoms with Gasteiger partial charge in [0.2, 0.25) is 10.0 Å². The molecule has 0 aromatic heterocycles. The molecule has 218 valence electrons. The van der Waals surface area contributed by atoms with Crippen LogP contribution >= 0.6 is 0 Å². The normalized spacial score (nSPS) is 21.1. The van der Waals surface area contributed by atoms with Crippen LogP contribution in [-0.2, 0) is 10.0 Å². The van der Waals surface area contributed by atoms with Gasteiger partial charge in [-0.3, -0.25) is 4.79 Å². The molecule has 40 heavy (non-hydrogen) atoms. The lowest BCUT2D eigenvalue weighted by Crippen LogP contribution is -2.50. The molecule has 11 heteroatoms. The maximum Gasteiger partial charge on any atom is 0.319 e. The Hall–Kier alpha value is -3.15. The number of aliphatic hydroxyl groups is 1. The number of anilines is 1. The van der Waals surface area contributed by atoms with E-state index < -0.39 is 22.2 Å². The van der Waals surface area contributed by atoms with Crippen molar-refractivity contribution >= 4 is 27.6 Å². The van der Waals surface area contributed by atoms with Gasteiger partial charge in [0.05, 0.1) is 35.3 Å². The van der Waals surface area contributed by atoms with Gasteiger partial charge in [-0.15, -0.1) is 0 Å². The molecule has 0 unspecified atom stereocenters. The number of hydrogen-bond acceptors (Lipinski definition) is 6. The number of nitrogens with one attached hydrogen (secondary N) is 2. The number of benzene rings is 2. The number of sulfonamides is 1. The van der Waals surface area contributed by atoms with Crippen LogP contribution in [0.2, 0.25) is 0 Å². The Morgan fingerprint density at radius 2 is 1.82 bits per heavy atom. The van der Waals surface area contributed by atoms with Crippen LogP contribution in [0.1, 0.15) is 56.3 Å². The van der Waals surface area contributed by atoms with E-state index in [-0.39, 0.29) is 59.8 Å². The third-order valence-corrected chi connectivity index (χ3v) is 9.61. The fourth-order valence-electron chi connectivity index (χ4n) is 5.27. The highest BCUT2D eigenvalue weighted by Gasteiger charge is 2.36. The van der Waals surface area contributed by atoms with Crippen LogP contribution in [0.25, 0.3) is 0 Å². The van der Waals surface area contributed by atoms with Crippen molar-refractivity contribution in [1.82, 2.24) is 14.5 Å². The quantitative estimate of drug-likeness (QED) is 0.443. The summed E-state index contributed by atoms with van der Waals surface area (Å²) in [5, 5.41) is 15.8. The number of carbonyl (C=O) groups excluding carboxylic acids is 2. The van der Waals surface area contributed by atoms with E-state index in [2.05, 4.69) is 10.6 Å². The van der Waals surface area contributed by atoms with Crippen molar-refractivity contribution in [1.29, 1.82) is 0 Å². The third-order valence-electron chi connectivity index (χ3n) is 7.77. The summed E-state index contributed by atoms with van der Waals surface area (Å²) in [6, 6.07) is 12.4. The largest absolute Gasteiger partial charge is 0.486 e. The highest BCUT2D eigenvalue weighted by atomic mass is 32.2. The van der Waals surface area contributed by atoms with Crippen LogP contribution < -0.4 is 15.4 Å². The molecule has 2 aromatic rings. The fraction of sp³-hybridized carbons (Fsp3) is 0.517. The van der Waals surface area contributed by atoms with E-state index >= 15 is 0 Å². The number of carbonyl (C=O) groups is 2. The molecule has 0 radical (unpaired) electrons. The SMILES string of the molecule is C[C@@H]1CN([C@H](C)CO)C(=O)c2cccc(NC(=O)NC3CCCCC3)c2O[C@@H]1CN(C)S(=O)(=O)c1ccccc1. The summed E-state index contributed by atoms with van der Waals surface area (Å²) in [4.78, 5) is 28.4. The second-order valence-corrected chi connectivity index (χ2v) is 12.9. The van der Waals surface area contributed by atoms with Crippen LogP contribution in [-0.4, -0.2) is 79.6 Å². The monoisotopic (exact) mass is 572 g/mol. The van der Waals surface area contributed by atoms with Gasteiger partial charge in [0.1, 0.15) is 6.10 Å². The van der Waals surface area contributed by atoms with Gasteiger partial charge >= 0.3 is 6.03 Å². The fourth-order valence-corrected chi connectivity index (χ4v) is 6.48. The number of urea groups is 1. The van der Waals surface area contributed by atoms with Gasteiger partial charge in [-0.05, 0) is 44.0 Å². The smallest absolute Gasteiger partial charge is 0.319 e. The lowest BCUT2D eigenvalue weighted by atomic mass is 9.96. The third kappa shape index (κ3) is 6.76. The molecule has 3 amide bonds. The first-order valence-corrected chi connectivity index (χ1v) is 15.4. The Morgan fingerprint density at radius 1 is 1.12 bits per heavy atom. The van der Waals surface area contributed by atoms with Crippen LogP contribution in [0.15, 0.2) is 53.4 Å². The van der Waals surface area contributed by atoms with Gasteiger partial charge in [0.25, 0.3) is 5.91 Å². The molecule has 2 aliphatic rings.